The fourth-order valence-electron chi connectivity index (χ4n) is 2.78. The summed E-state index contributed by atoms with van der Waals surface area (Å²) in [6, 6.07) is 0. The number of hydrogen-bond donors (Lipinski definition) is 0. The van der Waals surface area contributed by atoms with Crippen LogP contribution < -0.4 is 0 Å². The molecule has 0 aromatic heterocycles. The number of unbranched alkanes of at least 4 members (excludes halogenated alkanes) is 15. The molecule has 0 aliphatic carbocycles. The van der Waals surface area contributed by atoms with Gasteiger partial charge in [-0.25, -0.2) is 0 Å². The number of hydrogen-bond acceptors (Lipinski definition) is 1. The summed E-state index contributed by atoms with van der Waals surface area (Å²) in [5.74, 6) is 0. The molecule has 0 fully saturated rings. The molecule has 2 heteroatoms. The summed E-state index contributed by atoms with van der Waals surface area (Å²) < 4.78 is 1.45. The van der Waals surface area contributed by atoms with E-state index in [-0.39, 0.29) is 0 Å². The molecule has 0 aliphatic heterocycles. The first-order valence-electron chi connectivity index (χ1n) is 9.35. The van der Waals surface area contributed by atoms with Gasteiger partial charge in [-0.05, 0) is 0 Å². The van der Waals surface area contributed by atoms with E-state index in [0.29, 0.717) is 0 Å². The van der Waals surface area contributed by atoms with Crippen LogP contribution in [0.2, 0.25) is 4.44 Å². The molecule has 20 heavy (non-hydrogen) atoms. The van der Waals surface area contributed by atoms with Crippen molar-refractivity contribution in [1.82, 2.24) is 0 Å². The van der Waals surface area contributed by atoms with Crippen LogP contribution in [0.1, 0.15) is 110 Å². The molecule has 0 heterocycles. The van der Waals surface area contributed by atoms with Gasteiger partial charge in [0.15, 0.2) is 0 Å². The third-order valence-corrected chi connectivity index (χ3v) is 7.59. The summed E-state index contributed by atoms with van der Waals surface area (Å²) >= 11 is -0.444. The van der Waals surface area contributed by atoms with E-state index in [1.54, 1.807) is 0 Å². The average molecular weight is 405 g/mol. The first-order valence-corrected chi connectivity index (χ1v) is 16.2. The standard InChI is InChI=1S/C18H37.S.Sn.H/c1-3-5-7-9-11-13-15-17-18-16-14-12-10-8-6-4-2;;;/h1,3-18H2,2H3;;;. The molecular formula is C18H38SSn. The molecule has 0 radical (unpaired) electrons. The normalized spacial score (nSPS) is 10.8. The molecule has 0 atom stereocenters. The van der Waals surface area contributed by atoms with Gasteiger partial charge in [-0.3, -0.25) is 0 Å². The molecule has 120 valence electrons. The Morgan fingerprint density at radius 2 is 0.800 bits per heavy atom. The quantitative estimate of drug-likeness (QED) is 0.182. The summed E-state index contributed by atoms with van der Waals surface area (Å²) in [4.78, 5) is 0. The molecule has 0 saturated heterocycles. The predicted octanol–water partition coefficient (Wildman–Crippen LogP) is 7.22. The molecule has 0 unspecified atom stereocenters. The fraction of sp³-hybridized carbons (Fsp3) is 1.00. The van der Waals surface area contributed by atoms with Gasteiger partial charge in [0.05, 0.1) is 0 Å². The monoisotopic (exact) mass is 406 g/mol. The van der Waals surface area contributed by atoms with Gasteiger partial charge in [-0.15, -0.1) is 0 Å². The first kappa shape index (κ1) is 21.0. The van der Waals surface area contributed by atoms with Crippen molar-refractivity contribution in [2.24, 2.45) is 0 Å². The summed E-state index contributed by atoms with van der Waals surface area (Å²) in [5.41, 5.74) is 0. The molecule has 0 nitrogen and oxygen atoms in total. The van der Waals surface area contributed by atoms with Crippen LogP contribution in [0.4, 0.5) is 0 Å². The molecule has 0 aromatic rings. The fourth-order valence-corrected chi connectivity index (χ4v) is 5.19. The van der Waals surface area contributed by atoms with Crippen molar-refractivity contribution in [2.45, 2.75) is 114 Å². The van der Waals surface area contributed by atoms with E-state index < -0.39 is 19.2 Å². The molecular weight excluding hydrogens is 367 g/mol. The minimum absolute atomic E-state index is 0.444. The molecule has 0 aliphatic rings. The summed E-state index contributed by atoms with van der Waals surface area (Å²) in [6.45, 7) is 2.29. The third-order valence-electron chi connectivity index (χ3n) is 4.18. The first-order chi connectivity index (χ1) is 9.91. The van der Waals surface area contributed by atoms with E-state index in [1.807, 2.05) is 0 Å². The van der Waals surface area contributed by atoms with E-state index in [0.717, 1.165) is 0 Å². The topological polar surface area (TPSA) is 0 Å². The Morgan fingerprint density at radius 1 is 0.500 bits per heavy atom. The van der Waals surface area contributed by atoms with Crippen LogP contribution >= 0.6 is 9.29 Å². The van der Waals surface area contributed by atoms with Crippen LogP contribution in [-0.4, -0.2) is 19.2 Å². The van der Waals surface area contributed by atoms with Crippen molar-refractivity contribution in [3.8, 4) is 0 Å². The number of rotatable bonds is 17. The minimum atomic E-state index is -0.444. The molecule has 0 N–H and O–H groups in total. The maximum absolute atomic E-state index is 5.15. The van der Waals surface area contributed by atoms with E-state index in [2.05, 4.69) is 6.92 Å². The Morgan fingerprint density at radius 3 is 1.10 bits per heavy atom. The van der Waals surface area contributed by atoms with Gasteiger partial charge in [0.25, 0.3) is 0 Å². The molecule has 0 saturated carbocycles. The second-order valence-electron chi connectivity index (χ2n) is 6.26. The van der Waals surface area contributed by atoms with E-state index in [4.69, 9.17) is 9.29 Å². The van der Waals surface area contributed by atoms with Crippen molar-refractivity contribution in [1.29, 1.82) is 0 Å². The van der Waals surface area contributed by atoms with Gasteiger partial charge in [0, 0.05) is 0 Å². The SMILES string of the molecule is CCCCCCCCCCCCCCCCC[CH2][SnH]=[S]. The van der Waals surface area contributed by atoms with Crippen LogP contribution in [0, 0.1) is 0 Å². The van der Waals surface area contributed by atoms with Crippen molar-refractivity contribution >= 4 is 28.5 Å². The van der Waals surface area contributed by atoms with Gasteiger partial charge in [0.2, 0.25) is 0 Å². The summed E-state index contributed by atoms with van der Waals surface area (Å²) in [5, 5.41) is 0. The zero-order chi connectivity index (χ0) is 14.7. The van der Waals surface area contributed by atoms with Crippen LogP contribution in [0.5, 0.6) is 0 Å². The van der Waals surface area contributed by atoms with Crippen molar-refractivity contribution in [3.05, 3.63) is 0 Å². The average Bonchev–Trinajstić information content (AvgIpc) is 2.47. The Kier molecular flexibility index (Phi) is 21.0. The summed E-state index contributed by atoms with van der Waals surface area (Å²) in [6.07, 6.45) is 23.5. The predicted molar refractivity (Wildman–Crippen MR) is 99.1 cm³/mol. The molecule has 0 spiro atoms. The third kappa shape index (κ3) is 19.0. The Labute approximate surface area is 142 Å². The Bertz CT molecular complexity index is 182. The molecule has 0 aromatic carbocycles. The van der Waals surface area contributed by atoms with Crippen LogP contribution in [0.25, 0.3) is 0 Å². The Balaban J connectivity index is 2.90. The van der Waals surface area contributed by atoms with E-state index in [9.17, 15) is 0 Å². The van der Waals surface area contributed by atoms with Crippen LogP contribution in [0.3, 0.4) is 0 Å². The Hall–Kier alpha value is 1.02. The van der Waals surface area contributed by atoms with Gasteiger partial charge < -0.3 is 0 Å². The molecule has 0 amide bonds. The van der Waals surface area contributed by atoms with Crippen LogP contribution in [0.15, 0.2) is 0 Å². The van der Waals surface area contributed by atoms with Gasteiger partial charge in [0.1, 0.15) is 0 Å². The van der Waals surface area contributed by atoms with Gasteiger partial charge in [-0.1, -0.05) is 39.0 Å². The van der Waals surface area contributed by atoms with Gasteiger partial charge >= 0.3 is 104 Å². The maximum atomic E-state index is 5.15. The second-order valence-corrected chi connectivity index (χ2v) is 11.1. The molecule has 0 bridgehead atoms. The van der Waals surface area contributed by atoms with Crippen LogP contribution in [-0.2, 0) is 0 Å². The molecule has 0 rings (SSSR count). The van der Waals surface area contributed by atoms with Crippen molar-refractivity contribution in [3.63, 3.8) is 0 Å². The second kappa shape index (κ2) is 20.0. The zero-order valence-corrected chi connectivity index (χ0v) is 18.1. The summed E-state index contributed by atoms with van der Waals surface area (Å²) in [7, 11) is 5.15. The van der Waals surface area contributed by atoms with E-state index >= 15 is 0 Å². The van der Waals surface area contributed by atoms with E-state index in [1.165, 1.54) is 107 Å². The van der Waals surface area contributed by atoms with Gasteiger partial charge in [-0.2, -0.15) is 0 Å². The van der Waals surface area contributed by atoms with Crippen molar-refractivity contribution in [2.75, 3.05) is 0 Å². The van der Waals surface area contributed by atoms with Crippen molar-refractivity contribution < 1.29 is 0 Å². The zero-order valence-electron chi connectivity index (χ0n) is 14.0.